The third-order valence-electron chi connectivity index (χ3n) is 4.19. The highest BCUT2D eigenvalue weighted by Crippen LogP contribution is 2.27. The summed E-state index contributed by atoms with van der Waals surface area (Å²) in [5.74, 6) is 6.08. The van der Waals surface area contributed by atoms with Crippen molar-refractivity contribution in [2.45, 2.75) is 0 Å². The molecule has 0 bridgehead atoms. The summed E-state index contributed by atoms with van der Waals surface area (Å²) in [4.78, 5) is 0. The van der Waals surface area contributed by atoms with Crippen LogP contribution in [-0.2, 0) is 7.05 Å². The molecule has 0 aliphatic carbocycles. The van der Waals surface area contributed by atoms with Crippen molar-refractivity contribution in [3.05, 3.63) is 90.0 Å². The Morgan fingerprint density at radius 2 is 1.40 bits per heavy atom. The average Bonchev–Trinajstić information content (AvgIpc) is 2.61. The standard InChI is InChI=1S/C22H15FN.HI/c1-24-13-12-16(14-22(24)23)10-11-21-19-8-4-2-6-17(19)15-18-7-3-5-9-20(18)21;/h2-9,12-15H,1H3;1H/q+1;/p-1. The Hall–Kier alpha value is -2.45. The SMILES string of the molecule is C[n+]1ccc(C#Cc2c3ccccc3cc3ccccc23)cc1F.[I-]. The van der Waals surface area contributed by atoms with E-state index in [1.807, 2.05) is 30.3 Å². The second-order valence-electron chi connectivity index (χ2n) is 5.79. The van der Waals surface area contributed by atoms with Crippen molar-refractivity contribution < 1.29 is 32.9 Å². The zero-order chi connectivity index (χ0) is 16.5. The number of rotatable bonds is 0. The quantitative estimate of drug-likeness (QED) is 0.128. The molecule has 0 radical (unpaired) electrons. The van der Waals surface area contributed by atoms with Gasteiger partial charge in [-0.1, -0.05) is 60.4 Å². The van der Waals surface area contributed by atoms with E-state index in [0.717, 1.165) is 27.1 Å². The number of halogens is 2. The first-order valence-corrected chi connectivity index (χ1v) is 7.80. The molecule has 1 nitrogen and oxygen atoms in total. The largest absolute Gasteiger partial charge is 1.00 e. The van der Waals surface area contributed by atoms with Gasteiger partial charge in [0.2, 0.25) is 0 Å². The molecule has 1 heterocycles. The minimum Gasteiger partial charge on any atom is -1.00 e. The fraction of sp³-hybridized carbons (Fsp3) is 0.0455. The van der Waals surface area contributed by atoms with Gasteiger partial charge in [-0.25, -0.2) is 0 Å². The second-order valence-corrected chi connectivity index (χ2v) is 5.79. The molecule has 4 rings (SSSR count). The molecule has 25 heavy (non-hydrogen) atoms. The monoisotopic (exact) mass is 439 g/mol. The number of aryl methyl sites for hydroxylation is 1. The molecule has 122 valence electrons. The molecule has 0 N–H and O–H groups in total. The highest BCUT2D eigenvalue weighted by molar-refractivity contribution is 6.04. The van der Waals surface area contributed by atoms with Crippen LogP contribution in [0.1, 0.15) is 11.1 Å². The number of hydrogen-bond donors (Lipinski definition) is 0. The van der Waals surface area contributed by atoms with Crippen LogP contribution < -0.4 is 28.5 Å². The first kappa shape index (κ1) is 17.4. The van der Waals surface area contributed by atoms with Crippen LogP contribution in [0.3, 0.4) is 0 Å². The number of pyridine rings is 1. The van der Waals surface area contributed by atoms with Crippen molar-refractivity contribution in [3.63, 3.8) is 0 Å². The van der Waals surface area contributed by atoms with E-state index in [9.17, 15) is 4.39 Å². The number of aromatic nitrogens is 1. The normalized spacial score (nSPS) is 10.2. The first-order chi connectivity index (χ1) is 11.7. The van der Waals surface area contributed by atoms with Crippen LogP contribution in [0, 0.1) is 17.8 Å². The first-order valence-electron chi connectivity index (χ1n) is 7.80. The highest BCUT2D eigenvalue weighted by Gasteiger charge is 2.06. The minimum absolute atomic E-state index is 0. The Balaban J connectivity index is 0.00000182. The zero-order valence-corrected chi connectivity index (χ0v) is 15.8. The highest BCUT2D eigenvalue weighted by atomic mass is 127. The van der Waals surface area contributed by atoms with Gasteiger partial charge in [0.15, 0.2) is 6.20 Å². The van der Waals surface area contributed by atoms with Crippen LogP contribution in [0.5, 0.6) is 0 Å². The second kappa shape index (κ2) is 7.20. The van der Waals surface area contributed by atoms with E-state index in [1.54, 1.807) is 13.2 Å². The molecule has 0 atom stereocenters. The molecule has 3 aromatic carbocycles. The van der Waals surface area contributed by atoms with Gasteiger partial charge in [-0.15, -0.1) is 4.39 Å². The van der Waals surface area contributed by atoms with Crippen molar-refractivity contribution >= 4 is 21.5 Å². The summed E-state index contributed by atoms with van der Waals surface area (Å²) in [5.41, 5.74) is 1.65. The third-order valence-corrected chi connectivity index (χ3v) is 4.19. The van der Waals surface area contributed by atoms with Crippen molar-refractivity contribution in [2.75, 3.05) is 0 Å². The molecule has 0 unspecified atom stereocenters. The van der Waals surface area contributed by atoms with Crippen LogP contribution in [0.25, 0.3) is 21.5 Å². The van der Waals surface area contributed by atoms with E-state index in [4.69, 9.17) is 0 Å². The summed E-state index contributed by atoms with van der Waals surface area (Å²) in [6.07, 6.45) is 1.68. The molecule has 0 spiro atoms. The smallest absolute Gasteiger partial charge is 0.360 e. The van der Waals surface area contributed by atoms with E-state index in [1.165, 1.54) is 10.6 Å². The number of benzene rings is 3. The Kier molecular flexibility index (Phi) is 5.00. The fourth-order valence-corrected chi connectivity index (χ4v) is 2.90. The number of hydrogen-bond acceptors (Lipinski definition) is 0. The summed E-state index contributed by atoms with van der Waals surface area (Å²) in [7, 11) is 1.67. The van der Waals surface area contributed by atoms with E-state index < -0.39 is 0 Å². The van der Waals surface area contributed by atoms with Crippen LogP contribution >= 0.6 is 0 Å². The lowest BCUT2D eigenvalue weighted by molar-refractivity contribution is -0.700. The minimum atomic E-state index is -0.301. The molecule has 0 saturated heterocycles. The topological polar surface area (TPSA) is 3.88 Å². The van der Waals surface area contributed by atoms with Crippen molar-refractivity contribution in [2.24, 2.45) is 7.05 Å². The number of fused-ring (bicyclic) bond motifs is 2. The van der Waals surface area contributed by atoms with E-state index in [-0.39, 0.29) is 29.9 Å². The molecule has 0 saturated carbocycles. The van der Waals surface area contributed by atoms with Gasteiger partial charge in [0, 0.05) is 17.2 Å². The van der Waals surface area contributed by atoms with Gasteiger partial charge in [-0.3, -0.25) is 0 Å². The average molecular weight is 439 g/mol. The summed E-state index contributed by atoms with van der Waals surface area (Å²) >= 11 is 0. The maximum absolute atomic E-state index is 13.7. The fourth-order valence-electron chi connectivity index (χ4n) is 2.90. The van der Waals surface area contributed by atoms with Crippen molar-refractivity contribution in [3.8, 4) is 11.8 Å². The van der Waals surface area contributed by atoms with Gasteiger partial charge >= 0.3 is 5.95 Å². The van der Waals surface area contributed by atoms with E-state index in [2.05, 4.69) is 42.2 Å². The Morgan fingerprint density at radius 3 is 2.00 bits per heavy atom. The Morgan fingerprint density at radius 1 is 0.800 bits per heavy atom. The van der Waals surface area contributed by atoms with Crippen LogP contribution in [-0.4, -0.2) is 0 Å². The van der Waals surface area contributed by atoms with Crippen molar-refractivity contribution in [1.82, 2.24) is 0 Å². The molecule has 4 aromatic rings. The van der Waals surface area contributed by atoms with Gasteiger partial charge < -0.3 is 24.0 Å². The summed E-state index contributed by atoms with van der Waals surface area (Å²) in [6.45, 7) is 0. The molecule has 0 fully saturated rings. The molecule has 0 aliphatic heterocycles. The van der Waals surface area contributed by atoms with Gasteiger partial charge in [-0.2, -0.15) is 4.57 Å². The van der Waals surface area contributed by atoms with Gasteiger partial charge in [0.25, 0.3) is 0 Å². The Labute approximate surface area is 163 Å². The third kappa shape index (κ3) is 3.35. The Bertz CT molecular complexity index is 1080. The zero-order valence-electron chi connectivity index (χ0n) is 13.6. The lowest BCUT2D eigenvalue weighted by atomic mass is 9.97. The van der Waals surface area contributed by atoms with E-state index >= 15 is 0 Å². The predicted molar refractivity (Wildman–Crippen MR) is 95.0 cm³/mol. The summed E-state index contributed by atoms with van der Waals surface area (Å²) in [6, 6.07) is 21.9. The molecule has 0 amide bonds. The maximum atomic E-state index is 13.7. The van der Waals surface area contributed by atoms with Gasteiger partial charge in [0.1, 0.15) is 7.05 Å². The van der Waals surface area contributed by atoms with Gasteiger partial charge in [0.05, 0.1) is 6.07 Å². The number of nitrogens with zero attached hydrogens (tertiary/aromatic N) is 1. The molecule has 3 heteroatoms. The lowest BCUT2D eigenvalue weighted by Crippen LogP contribution is -3.00. The maximum Gasteiger partial charge on any atom is 0.360 e. The van der Waals surface area contributed by atoms with Crippen molar-refractivity contribution in [1.29, 1.82) is 0 Å². The summed E-state index contributed by atoms with van der Waals surface area (Å²) < 4.78 is 15.1. The molecule has 0 aliphatic rings. The van der Waals surface area contributed by atoms with E-state index in [0.29, 0.717) is 5.56 Å². The molecule has 1 aromatic heterocycles. The molecular formula is C22H15FIN. The van der Waals surface area contributed by atoms with Gasteiger partial charge in [-0.05, 0) is 27.6 Å². The van der Waals surface area contributed by atoms with Crippen LogP contribution in [0.4, 0.5) is 4.39 Å². The summed E-state index contributed by atoms with van der Waals surface area (Å²) in [5, 5.41) is 4.55. The molecular weight excluding hydrogens is 424 g/mol. The van der Waals surface area contributed by atoms with Crippen LogP contribution in [0.15, 0.2) is 72.9 Å². The predicted octanol–water partition coefficient (Wildman–Crippen LogP) is 1.36. The lowest BCUT2D eigenvalue weighted by Gasteiger charge is -2.06. The van der Waals surface area contributed by atoms with Crippen LogP contribution in [0.2, 0.25) is 0 Å².